The van der Waals surface area contributed by atoms with Crippen LogP contribution in [-0.2, 0) is 4.74 Å². The average molecular weight is 219 g/mol. The van der Waals surface area contributed by atoms with Crippen molar-refractivity contribution in [3.63, 3.8) is 0 Å². The molecule has 0 aromatic carbocycles. The van der Waals surface area contributed by atoms with Gasteiger partial charge in [0, 0.05) is 6.42 Å². The third-order valence-corrected chi connectivity index (χ3v) is 2.20. The molecule has 1 rings (SSSR count). The van der Waals surface area contributed by atoms with E-state index in [9.17, 15) is 9.18 Å². The minimum absolute atomic E-state index is 0.0140. The summed E-state index contributed by atoms with van der Waals surface area (Å²) < 4.78 is 18.2. The third-order valence-electron chi connectivity index (χ3n) is 2.20. The maximum Gasteiger partial charge on any atom is 0.410 e. The van der Waals surface area contributed by atoms with Gasteiger partial charge in [0.2, 0.25) is 0 Å². The van der Waals surface area contributed by atoms with Crippen molar-refractivity contribution in [2.75, 3.05) is 13.2 Å². The van der Waals surface area contributed by atoms with E-state index in [0.717, 1.165) is 0 Å². The molecule has 0 saturated carbocycles. The lowest BCUT2D eigenvalue weighted by Crippen LogP contribution is -2.41. The second kappa shape index (κ2) is 4.35. The number of likely N-dealkylation sites (tertiary alicyclic amines) is 1. The molecular weight excluding hydrogens is 201 g/mol. The number of carbonyl (C=O) groups excluding carboxylic acids is 1. The van der Waals surface area contributed by atoms with E-state index >= 15 is 0 Å². The summed E-state index contributed by atoms with van der Waals surface area (Å²) in [7, 11) is 0. The number of hydrogen-bond donors (Lipinski definition) is 1. The smallest absolute Gasteiger partial charge is 0.410 e. The Morgan fingerprint density at radius 3 is 2.67 bits per heavy atom. The number of nitrogens with zero attached hydrogens (tertiary/aromatic N) is 1. The highest BCUT2D eigenvalue weighted by Gasteiger charge is 2.37. The number of halogens is 1. The topological polar surface area (TPSA) is 49.8 Å². The SMILES string of the molecule is CC(C)(C)OC(=O)N1C[C@H](F)C[C@@H]1CO. The monoisotopic (exact) mass is 219 g/mol. The maximum absolute atomic E-state index is 13.0. The van der Waals surface area contributed by atoms with Crippen molar-refractivity contribution < 1.29 is 19.0 Å². The molecule has 2 atom stereocenters. The number of aliphatic hydroxyl groups is 1. The predicted octanol–water partition coefficient (Wildman–Crippen LogP) is 1.33. The van der Waals surface area contributed by atoms with Gasteiger partial charge in [-0.15, -0.1) is 0 Å². The molecule has 1 amide bonds. The van der Waals surface area contributed by atoms with Gasteiger partial charge in [-0.3, -0.25) is 4.90 Å². The van der Waals surface area contributed by atoms with Gasteiger partial charge in [-0.25, -0.2) is 9.18 Å². The molecule has 0 spiro atoms. The standard InChI is InChI=1S/C10H18FNO3/c1-10(2,3)15-9(14)12-5-7(11)4-8(12)6-13/h7-8,13H,4-6H2,1-3H3/t7-,8-/m1/s1. The number of amides is 1. The van der Waals surface area contributed by atoms with E-state index in [1.165, 1.54) is 4.90 Å². The molecule has 4 nitrogen and oxygen atoms in total. The predicted molar refractivity (Wildman–Crippen MR) is 53.3 cm³/mol. The number of rotatable bonds is 1. The number of carbonyl (C=O) groups is 1. The van der Waals surface area contributed by atoms with Crippen molar-refractivity contribution in [3.05, 3.63) is 0 Å². The first kappa shape index (κ1) is 12.2. The molecule has 1 saturated heterocycles. The van der Waals surface area contributed by atoms with Crippen LogP contribution >= 0.6 is 0 Å². The van der Waals surface area contributed by atoms with E-state index in [1.807, 2.05) is 0 Å². The summed E-state index contributed by atoms with van der Waals surface area (Å²) in [6.07, 6.45) is -1.42. The van der Waals surface area contributed by atoms with Gasteiger partial charge < -0.3 is 9.84 Å². The van der Waals surface area contributed by atoms with Gasteiger partial charge in [0.05, 0.1) is 19.2 Å². The maximum atomic E-state index is 13.0. The fraction of sp³-hybridized carbons (Fsp3) is 0.900. The molecule has 5 heteroatoms. The summed E-state index contributed by atoms with van der Waals surface area (Å²) in [4.78, 5) is 12.9. The molecule has 1 aliphatic heterocycles. The van der Waals surface area contributed by atoms with Crippen molar-refractivity contribution in [2.24, 2.45) is 0 Å². The van der Waals surface area contributed by atoms with Crippen molar-refractivity contribution >= 4 is 6.09 Å². The van der Waals surface area contributed by atoms with Gasteiger partial charge in [0.1, 0.15) is 11.8 Å². The molecule has 0 radical (unpaired) electrons. The summed E-state index contributed by atoms with van der Waals surface area (Å²) in [6.45, 7) is 5.05. The molecule has 0 aromatic rings. The van der Waals surface area contributed by atoms with Crippen LogP contribution in [0.3, 0.4) is 0 Å². The van der Waals surface area contributed by atoms with E-state index in [2.05, 4.69) is 0 Å². The van der Waals surface area contributed by atoms with Gasteiger partial charge >= 0.3 is 6.09 Å². The van der Waals surface area contributed by atoms with Crippen LogP contribution in [0.15, 0.2) is 0 Å². The molecule has 1 aliphatic rings. The van der Waals surface area contributed by atoms with Crippen LogP contribution in [0, 0.1) is 0 Å². The fourth-order valence-electron chi connectivity index (χ4n) is 1.58. The molecule has 1 N–H and O–H groups in total. The summed E-state index contributed by atoms with van der Waals surface area (Å²) in [5.41, 5.74) is -0.592. The van der Waals surface area contributed by atoms with Crippen LogP contribution in [0.1, 0.15) is 27.2 Å². The zero-order chi connectivity index (χ0) is 11.6. The van der Waals surface area contributed by atoms with Gasteiger partial charge in [-0.2, -0.15) is 0 Å². The average Bonchev–Trinajstić information content (AvgIpc) is 2.43. The largest absolute Gasteiger partial charge is 0.444 e. The zero-order valence-electron chi connectivity index (χ0n) is 9.36. The molecule has 0 aromatic heterocycles. The van der Waals surface area contributed by atoms with Crippen molar-refractivity contribution in [1.29, 1.82) is 0 Å². The number of aliphatic hydroxyl groups excluding tert-OH is 1. The molecule has 1 fully saturated rings. The van der Waals surface area contributed by atoms with E-state index < -0.39 is 23.9 Å². The minimum atomic E-state index is -1.06. The Morgan fingerprint density at radius 2 is 2.20 bits per heavy atom. The molecule has 0 bridgehead atoms. The Labute approximate surface area is 89.0 Å². The molecule has 0 aliphatic carbocycles. The van der Waals surface area contributed by atoms with E-state index in [-0.39, 0.29) is 19.6 Å². The van der Waals surface area contributed by atoms with Crippen LogP contribution < -0.4 is 0 Å². The van der Waals surface area contributed by atoms with Crippen LogP contribution in [0.5, 0.6) is 0 Å². The van der Waals surface area contributed by atoms with Gasteiger partial charge in [0.15, 0.2) is 0 Å². The third kappa shape index (κ3) is 3.34. The van der Waals surface area contributed by atoms with Gasteiger partial charge in [0.25, 0.3) is 0 Å². The molecule has 15 heavy (non-hydrogen) atoms. The first-order valence-electron chi connectivity index (χ1n) is 5.08. The number of hydrogen-bond acceptors (Lipinski definition) is 3. The minimum Gasteiger partial charge on any atom is -0.444 e. The molecule has 88 valence electrons. The highest BCUT2D eigenvalue weighted by Crippen LogP contribution is 2.22. The zero-order valence-corrected chi connectivity index (χ0v) is 9.36. The Hall–Kier alpha value is -0.840. The first-order valence-corrected chi connectivity index (χ1v) is 5.08. The highest BCUT2D eigenvalue weighted by atomic mass is 19.1. The Balaban J connectivity index is 2.59. The Morgan fingerprint density at radius 1 is 1.60 bits per heavy atom. The molecular formula is C10H18FNO3. The van der Waals surface area contributed by atoms with Gasteiger partial charge in [-0.1, -0.05) is 0 Å². The van der Waals surface area contributed by atoms with Crippen LogP contribution in [0.2, 0.25) is 0 Å². The van der Waals surface area contributed by atoms with Crippen LogP contribution in [0.4, 0.5) is 9.18 Å². The summed E-state index contributed by atoms with van der Waals surface area (Å²) in [5.74, 6) is 0. The Kier molecular flexibility index (Phi) is 3.54. The van der Waals surface area contributed by atoms with Crippen LogP contribution in [-0.4, -0.2) is 47.1 Å². The second-order valence-corrected chi connectivity index (χ2v) is 4.80. The molecule has 0 unspecified atom stereocenters. The van der Waals surface area contributed by atoms with Gasteiger partial charge in [-0.05, 0) is 20.8 Å². The number of alkyl halides is 1. The quantitative estimate of drug-likeness (QED) is 0.723. The Bertz CT molecular complexity index is 239. The number of ether oxygens (including phenoxy) is 1. The van der Waals surface area contributed by atoms with E-state index in [4.69, 9.17) is 9.84 Å². The summed E-state index contributed by atoms with van der Waals surface area (Å²) >= 11 is 0. The molecule has 1 heterocycles. The highest BCUT2D eigenvalue weighted by molar-refractivity contribution is 5.69. The lowest BCUT2D eigenvalue weighted by molar-refractivity contribution is 0.0170. The summed E-state index contributed by atoms with van der Waals surface area (Å²) in [6, 6.07) is -0.449. The van der Waals surface area contributed by atoms with Crippen LogP contribution in [0.25, 0.3) is 0 Å². The van der Waals surface area contributed by atoms with Crippen molar-refractivity contribution in [1.82, 2.24) is 4.90 Å². The van der Waals surface area contributed by atoms with E-state index in [0.29, 0.717) is 0 Å². The first-order chi connectivity index (χ1) is 6.83. The van der Waals surface area contributed by atoms with Crippen molar-refractivity contribution in [2.45, 2.75) is 45.0 Å². The fourth-order valence-corrected chi connectivity index (χ4v) is 1.58. The second-order valence-electron chi connectivity index (χ2n) is 4.80. The lowest BCUT2D eigenvalue weighted by Gasteiger charge is -2.27. The van der Waals surface area contributed by atoms with E-state index in [1.54, 1.807) is 20.8 Å². The summed E-state index contributed by atoms with van der Waals surface area (Å²) in [5, 5.41) is 8.99. The van der Waals surface area contributed by atoms with Crippen molar-refractivity contribution in [3.8, 4) is 0 Å². The normalized spacial score (nSPS) is 26.9. The lowest BCUT2D eigenvalue weighted by atomic mass is 10.2.